The first kappa shape index (κ1) is 20.8. The van der Waals surface area contributed by atoms with Crippen molar-refractivity contribution in [1.29, 1.82) is 5.41 Å². The van der Waals surface area contributed by atoms with Gasteiger partial charge in [-0.2, -0.15) is 9.39 Å². The second kappa shape index (κ2) is 7.63. The van der Waals surface area contributed by atoms with E-state index in [0.717, 1.165) is 16.8 Å². The highest BCUT2D eigenvalue weighted by atomic mass is 32.2. The lowest BCUT2D eigenvalue weighted by Gasteiger charge is -2.24. The molecule has 0 saturated heterocycles. The van der Waals surface area contributed by atoms with Gasteiger partial charge in [-0.1, -0.05) is 19.1 Å². The van der Waals surface area contributed by atoms with Crippen LogP contribution in [-0.4, -0.2) is 52.2 Å². The molecule has 12 heteroatoms. The van der Waals surface area contributed by atoms with Gasteiger partial charge in [0.2, 0.25) is 20.2 Å². The normalized spacial score (nSPS) is 17.6. The molecule has 0 atom stereocenters. The number of fused-ring (bicyclic) bond motifs is 1. The maximum atomic E-state index is 12.4. The third-order valence-corrected chi connectivity index (χ3v) is 6.87. The van der Waals surface area contributed by atoms with E-state index in [9.17, 15) is 18.0 Å². The lowest BCUT2D eigenvalue weighted by atomic mass is 10.1. The molecule has 2 aliphatic heterocycles. The summed E-state index contributed by atoms with van der Waals surface area (Å²) in [7, 11) is -3.73. The summed E-state index contributed by atoms with van der Waals surface area (Å²) in [6.07, 6.45) is 1.29. The van der Waals surface area contributed by atoms with E-state index in [1.165, 1.54) is 25.1 Å². The van der Waals surface area contributed by atoms with Crippen LogP contribution in [0.25, 0.3) is 17.4 Å². The van der Waals surface area contributed by atoms with Crippen LogP contribution in [0, 0.1) is 5.41 Å². The molecular formula is C19H14N4O6S2. The van der Waals surface area contributed by atoms with Crippen molar-refractivity contribution >= 4 is 55.9 Å². The molecule has 31 heavy (non-hydrogen) atoms. The van der Waals surface area contributed by atoms with Gasteiger partial charge >= 0.3 is 5.97 Å². The number of hydrogen-bond acceptors (Lipinski definition) is 8. The fourth-order valence-electron chi connectivity index (χ4n) is 2.86. The van der Waals surface area contributed by atoms with Crippen LogP contribution in [0.4, 0.5) is 0 Å². The molecule has 0 radical (unpaired) electrons. The van der Waals surface area contributed by atoms with Crippen molar-refractivity contribution in [2.75, 3.05) is 5.75 Å². The van der Waals surface area contributed by atoms with Gasteiger partial charge in [-0.05, 0) is 30.3 Å². The van der Waals surface area contributed by atoms with E-state index < -0.39 is 21.7 Å². The van der Waals surface area contributed by atoms with Crippen LogP contribution in [0.1, 0.15) is 23.0 Å². The molecule has 0 spiro atoms. The summed E-state index contributed by atoms with van der Waals surface area (Å²) in [6.45, 7) is 1.46. The zero-order valence-electron chi connectivity index (χ0n) is 15.9. The average Bonchev–Trinajstić information content (AvgIpc) is 3.38. The summed E-state index contributed by atoms with van der Waals surface area (Å²) < 4.78 is 34.1. The smallest absolute Gasteiger partial charge is 0.335 e. The van der Waals surface area contributed by atoms with Crippen molar-refractivity contribution in [1.82, 2.24) is 4.90 Å². The maximum absolute atomic E-state index is 12.4. The molecule has 2 N–H and O–H groups in total. The van der Waals surface area contributed by atoms with E-state index >= 15 is 0 Å². The molecule has 1 amide bonds. The van der Waals surface area contributed by atoms with Crippen LogP contribution in [-0.2, 0) is 14.6 Å². The van der Waals surface area contributed by atoms with Crippen molar-refractivity contribution < 1.29 is 27.5 Å². The van der Waals surface area contributed by atoms with Crippen molar-refractivity contribution in [3.63, 3.8) is 0 Å². The predicted molar refractivity (Wildman–Crippen MR) is 116 cm³/mol. The topological polar surface area (TPSA) is 153 Å². The fourth-order valence-corrected chi connectivity index (χ4v) is 4.82. The summed E-state index contributed by atoms with van der Waals surface area (Å²) in [4.78, 5) is 28.5. The summed E-state index contributed by atoms with van der Waals surface area (Å²) in [5.74, 6) is -1.81. The van der Waals surface area contributed by atoms with E-state index in [1.54, 1.807) is 24.3 Å². The number of furan rings is 1. The molecule has 2 aromatic rings. The van der Waals surface area contributed by atoms with E-state index in [1.807, 2.05) is 0 Å². The highest BCUT2D eigenvalue weighted by molar-refractivity contribution is 8.16. The predicted octanol–water partition coefficient (Wildman–Crippen LogP) is 2.66. The number of aliphatic imine (C=N–C) groups is 1. The number of carbonyl (C=O) groups is 2. The van der Waals surface area contributed by atoms with Gasteiger partial charge in [0.05, 0.1) is 28.8 Å². The fraction of sp³-hybridized carbons (Fsp3) is 0.105. The largest absolute Gasteiger partial charge is 0.478 e. The lowest BCUT2D eigenvalue weighted by molar-refractivity contribution is -0.114. The number of nitrogens with one attached hydrogen (secondary N) is 1. The van der Waals surface area contributed by atoms with Crippen molar-refractivity contribution in [3.05, 3.63) is 53.3 Å². The molecule has 158 valence electrons. The highest BCUT2D eigenvalue weighted by Gasteiger charge is 2.42. The molecule has 0 saturated carbocycles. The molecule has 0 aliphatic carbocycles. The zero-order chi connectivity index (χ0) is 22.3. The van der Waals surface area contributed by atoms with Crippen LogP contribution in [0.15, 0.2) is 55.8 Å². The van der Waals surface area contributed by atoms with Crippen LogP contribution in [0.3, 0.4) is 0 Å². The zero-order valence-corrected chi connectivity index (χ0v) is 17.5. The SMILES string of the molecule is CCS(=O)(=O)C1=NSC2=NC(=O)/C(=C\c3ccc(-c4cccc(C(=O)O)c4)o3)C(=N)N21. The summed E-state index contributed by atoms with van der Waals surface area (Å²) in [6, 6.07) is 9.29. The minimum Gasteiger partial charge on any atom is -0.478 e. The molecule has 1 aromatic carbocycles. The Morgan fingerprint density at radius 3 is 2.81 bits per heavy atom. The van der Waals surface area contributed by atoms with Gasteiger partial charge in [0.1, 0.15) is 17.4 Å². The number of nitrogens with zero attached hydrogens (tertiary/aromatic N) is 3. The number of hydrogen-bond donors (Lipinski definition) is 2. The number of carbonyl (C=O) groups excluding carboxylic acids is 1. The first-order valence-corrected chi connectivity index (χ1v) is 11.3. The van der Waals surface area contributed by atoms with Crippen LogP contribution in [0.2, 0.25) is 0 Å². The third-order valence-electron chi connectivity index (χ3n) is 4.46. The standard InChI is InChI=1S/C19H14N4O6S2/c1-2-31(27,28)19-22-30-18-21-16(24)13(15(20)23(18)19)9-12-6-7-14(29-12)10-4-3-5-11(8-10)17(25)26/h3-9,20H,2H2,1H3,(H,25,26)/b13-9-,20-15?. The van der Waals surface area contributed by atoms with Gasteiger partial charge in [-0.3, -0.25) is 10.2 Å². The minimum atomic E-state index is -3.73. The summed E-state index contributed by atoms with van der Waals surface area (Å²) in [5.41, 5.74) is 0.454. The number of carboxylic acids is 1. The second-order valence-electron chi connectivity index (χ2n) is 6.40. The molecule has 10 nitrogen and oxygen atoms in total. The number of amides is 1. The molecule has 0 bridgehead atoms. The van der Waals surface area contributed by atoms with E-state index in [0.29, 0.717) is 11.3 Å². The number of rotatable bonds is 4. The van der Waals surface area contributed by atoms with Crippen LogP contribution in [0.5, 0.6) is 0 Å². The average molecular weight is 458 g/mol. The molecule has 2 aliphatic rings. The number of amidine groups is 3. The number of sulfone groups is 1. The summed E-state index contributed by atoms with van der Waals surface area (Å²) in [5, 5.41) is 17.2. The van der Waals surface area contributed by atoms with Crippen LogP contribution >= 0.6 is 11.9 Å². The Kier molecular flexibility index (Phi) is 5.11. The number of carboxylic acid groups (broad SMARTS) is 1. The monoisotopic (exact) mass is 458 g/mol. The van der Waals surface area contributed by atoms with Gasteiger partial charge in [0, 0.05) is 5.56 Å². The Hall–Kier alpha value is -3.51. The summed E-state index contributed by atoms with van der Waals surface area (Å²) >= 11 is 0.722. The molecular weight excluding hydrogens is 444 g/mol. The first-order valence-electron chi connectivity index (χ1n) is 8.86. The van der Waals surface area contributed by atoms with E-state index in [-0.39, 0.29) is 38.8 Å². The minimum absolute atomic E-state index is 0.00444. The molecule has 1 aromatic heterocycles. The van der Waals surface area contributed by atoms with Gasteiger partial charge in [0.15, 0.2) is 0 Å². The highest BCUT2D eigenvalue weighted by Crippen LogP contribution is 2.31. The van der Waals surface area contributed by atoms with E-state index in [2.05, 4.69) is 9.39 Å². The van der Waals surface area contributed by atoms with Crippen LogP contribution < -0.4 is 0 Å². The lowest BCUT2D eigenvalue weighted by Crippen LogP contribution is -2.45. The van der Waals surface area contributed by atoms with Gasteiger partial charge < -0.3 is 9.52 Å². The Morgan fingerprint density at radius 2 is 2.10 bits per heavy atom. The van der Waals surface area contributed by atoms with Crippen molar-refractivity contribution in [2.45, 2.75) is 6.92 Å². The Labute approximate surface area is 180 Å². The Bertz CT molecular complexity index is 1340. The molecule has 4 rings (SSSR count). The van der Waals surface area contributed by atoms with Gasteiger partial charge in [-0.15, -0.1) is 0 Å². The quantitative estimate of drug-likeness (QED) is 0.524. The number of benzene rings is 1. The van der Waals surface area contributed by atoms with Gasteiger partial charge in [-0.25, -0.2) is 18.1 Å². The van der Waals surface area contributed by atoms with Crippen molar-refractivity contribution in [3.8, 4) is 11.3 Å². The Balaban J connectivity index is 1.68. The molecule has 3 heterocycles. The second-order valence-corrected chi connectivity index (χ2v) is 9.30. The molecule has 0 fully saturated rings. The molecule has 0 unspecified atom stereocenters. The first-order chi connectivity index (χ1) is 14.7. The number of aromatic carboxylic acids is 1. The maximum Gasteiger partial charge on any atom is 0.335 e. The van der Waals surface area contributed by atoms with Gasteiger partial charge in [0.25, 0.3) is 5.91 Å². The Morgan fingerprint density at radius 1 is 1.32 bits per heavy atom. The third kappa shape index (κ3) is 3.70. The van der Waals surface area contributed by atoms with E-state index in [4.69, 9.17) is 14.9 Å². The van der Waals surface area contributed by atoms with Crippen molar-refractivity contribution in [2.24, 2.45) is 9.39 Å².